The van der Waals surface area contributed by atoms with Crippen molar-refractivity contribution in [3.8, 4) is 0 Å². The maximum Gasteiger partial charge on any atom is 0.307 e. The van der Waals surface area contributed by atoms with E-state index in [2.05, 4.69) is 0 Å². The van der Waals surface area contributed by atoms with Gasteiger partial charge in [-0.3, -0.25) is 4.79 Å². The second-order valence-electron chi connectivity index (χ2n) is 4.79. The van der Waals surface area contributed by atoms with Gasteiger partial charge in [0.1, 0.15) is 5.82 Å². The summed E-state index contributed by atoms with van der Waals surface area (Å²) in [5.41, 5.74) is 8.57. The standard InChI is InChI=1S/C16H14FNO2S/c1-9-2-4-10(5-3-9)16(21)13-8-12(17)6-11(15(13)18)7-14(19)20/h2-6,8H,7,18H2,1H3,(H,19,20). The van der Waals surface area contributed by atoms with E-state index in [1.165, 1.54) is 6.07 Å². The monoisotopic (exact) mass is 303 g/mol. The second kappa shape index (κ2) is 6.01. The molecule has 3 N–H and O–H groups in total. The van der Waals surface area contributed by atoms with Crippen LogP contribution in [0.3, 0.4) is 0 Å². The van der Waals surface area contributed by atoms with E-state index in [0.29, 0.717) is 10.4 Å². The number of aliphatic carboxylic acids is 1. The number of hydrogen-bond acceptors (Lipinski definition) is 3. The Labute approximate surface area is 127 Å². The van der Waals surface area contributed by atoms with Crippen LogP contribution in [0.5, 0.6) is 0 Å². The zero-order chi connectivity index (χ0) is 15.6. The van der Waals surface area contributed by atoms with Crippen molar-refractivity contribution in [1.29, 1.82) is 0 Å². The highest BCUT2D eigenvalue weighted by Gasteiger charge is 2.15. The van der Waals surface area contributed by atoms with Crippen LogP contribution in [0.25, 0.3) is 0 Å². The van der Waals surface area contributed by atoms with E-state index < -0.39 is 11.8 Å². The van der Waals surface area contributed by atoms with Gasteiger partial charge in [-0.25, -0.2) is 4.39 Å². The normalized spacial score (nSPS) is 10.4. The summed E-state index contributed by atoms with van der Waals surface area (Å²) in [6.07, 6.45) is -0.340. The minimum Gasteiger partial charge on any atom is -0.481 e. The summed E-state index contributed by atoms with van der Waals surface area (Å²) in [7, 11) is 0. The molecule has 0 aliphatic rings. The Kier molecular flexibility index (Phi) is 4.33. The first kappa shape index (κ1) is 15.1. The number of benzene rings is 2. The molecule has 3 nitrogen and oxygen atoms in total. The van der Waals surface area contributed by atoms with Crippen molar-refractivity contribution in [1.82, 2.24) is 0 Å². The van der Waals surface area contributed by atoms with Gasteiger partial charge in [-0.05, 0) is 30.2 Å². The number of carbonyl (C=O) groups is 1. The number of thiocarbonyl (C=S) groups is 1. The van der Waals surface area contributed by atoms with Crippen molar-refractivity contribution >= 4 is 28.7 Å². The van der Waals surface area contributed by atoms with E-state index in [0.717, 1.165) is 17.2 Å². The molecule has 5 heteroatoms. The molecule has 0 unspecified atom stereocenters. The van der Waals surface area contributed by atoms with Crippen LogP contribution < -0.4 is 5.73 Å². The van der Waals surface area contributed by atoms with Gasteiger partial charge < -0.3 is 10.8 Å². The van der Waals surface area contributed by atoms with Crippen LogP contribution >= 0.6 is 12.2 Å². The van der Waals surface area contributed by atoms with Crippen LogP contribution in [0.4, 0.5) is 10.1 Å². The van der Waals surface area contributed by atoms with Crippen molar-refractivity contribution < 1.29 is 14.3 Å². The molecular weight excluding hydrogens is 289 g/mol. The lowest BCUT2D eigenvalue weighted by molar-refractivity contribution is -0.136. The highest BCUT2D eigenvalue weighted by molar-refractivity contribution is 7.81. The number of carboxylic acids is 1. The molecule has 0 atom stereocenters. The SMILES string of the molecule is Cc1ccc(C(=S)c2cc(F)cc(CC(=O)O)c2N)cc1. The van der Waals surface area contributed by atoms with Crippen molar-refractivity contribution in [2.24, 2.45) is 0 Å². The van der Waals surface area contributed by atoms with Crippen molar-refractivity contribution in [2.45, 2.75) is 13.3 Å². The van der Waals surface area contributed by atoms with Gasteiger partial charge in [0.15, 0.2) is 0 Å². The van der Waals surface area contributed by atoms with Crippen LogP contribution in [0.15, 0.2) is 36.4 Å². The van der Waals surface area contributed by atoms with Gasteiger partial charge in [0.25, 0.3) is 0 Å². The molecule has 0 aliphatic carbocycles. The van der Waals surface area contributed by atoms with Crippen molar-refractivity contribution in [3.05, 3.63) is 64.5 Å². The third-order valence-electron chi connectivity index (χ3n) is 3.13. The molecule has 0 fully saturated rings. The maximum atomic E-state index is 13.7. The Morgan fingerprint density at radius 1 is 1.29 bits per heavy atom. The van der Waals surface area contributed by atoms with E-state index in [4.69, 9.17) is 23.1 Å². The predicted molar refractivity (Wildman–Crippen MR) is 84.1 cm³/mol. The molecule has 2 aromatic carbocycles. The second-order valence-corrected chi connectivity index (χ2v) is 5.20. The first-order valence-electron chi connectivity index (χ1n) is 6.29. The fourth-order valence-corrected chi connectivity index (χ4v) is 2.34. The number of anilines is 1. The smallest absolute Gasteiger partial charge is 0.307 e. The zero-order valence-corrected chi connectivity index (χ0v) is 12.2. The molecule has 2 rings (SSSR count). The van der Waals surface area contributed by atoms with E-state index in [1.807, 2.05) is 31.2 Å². The molecule has 0 aromatic heterocycles. The van der Waals surface area contributed by atoms with E-state index in [9.17, 15) is 9.18 Å². The Balaban J connectivity index is 2.47. The molecule has 0 amide bonds. The number of hydrogen-bond donors (Lipinski definition) is 2. The van der Waals surface area contributed by atoms with Crippen LogP contribution in [-0.4, -0.2) is 15.9 Å². The maximum absolute atomic E-state index is 13.7. The van der Waals surface area contributed by atoms with E-state index >= 15 is 0 Å². The van der Waals surface area contributed by atoms with Crippen LogP contribution in [0, 0.1) is 12.7 Å². The lowest BCUT2D eigenvalue weighted by atomic mass is 9.98. The molecule has 108 valence electrons. The average molecular weight is 303 g/mol. The number of nitrogen functional groups attached to an aromatic ring is 1. The highest BCUT2D eigenvalue weighted by atomic mass is 32.1. The van der Waals surface area contributed by atoms with Crippen molar-refractivity contribution in [2.75, 3.05) is 5.73 Å². The zero-order valence-electron chi connectivity index (χ0n) is 11.4. The van der Waals surface area contributed by atoms with E-state index in [-0.39, 0.29) is 17.7 Å². The first-order chi connectivity index (χ1) is 9.88. The fourth-order valence-electron chi connectivity index (χ4n) is 2.03. The topological polar surface area (TPSA) is 63.3 Å². The summed E-state index contributed by atoms with van der Waals surface area (Å²) in [6.45, 7) is 1.95. The van der Waals surface area contributed by atoms with Crippen molar-refractivity contribution in [3.63, 3.8) is 0 Å². The Hall–Kier alpha value is -2.27. The summed E-state index contributed by atoms with van der Waals surface area (Å²) < 4.78 is 13.7. The van der Waals surface area contributed by atoms with Gasteiger partial charge in [-0.2, -0.15) is 0 Å². The molecule has 0 radical (unpaired) electrons. The number of rotatable bonds is 4. The number of aryl methyl sites for hydroxylation is 1. The minimum absolute atomic E-state index is 0.212. The van der Waals surface area contributed by atoms with Gasteiger partial charge in [-0.15, -0.1) is 0 Å². The molecule has 0 bridgehead atoms. The molecule has 2 aromatic rings. The van der Waals surface area contributed by atoms with Gasteiger partial charge in [0.05, 0.1) is 11.3 Å². The Morgan fingerprint density at radius 3 is 2.48 bits per heavy atom. The molecular formula is C16H14FNO2S. The van der Waals surface area contributed by atoms with E-state index in [1.54, 1.807) is 0 Å². The van der Waals surface area contributed by atoms with Gasteiger partial charge >= 0.3 is 5.97 Å². The Morgan fingerprint density at radius 2 is 1.90 bits per heavy atom. The Bertz CT molecular complexity index is 711. The van der Waals surface area contributed by atoms with Gasteiger partial charge in [-0.1, -0.05) is 42.0 Å². The minimum atomic E-state index is -1.07. The third-order valence-corrected chi connectivity index (χ3v) is 3.59. The molecule has 0 saturated heterocycles. The first-order valence-corrected chi connectivity index (χ1v) is 6.70. The van der Waals surface area contributed by atoms with Crippen LogP contribution in [0.1, 0.15) is 22.3 Å². The number of halogens is 1. The largest absolute Gasteiger partial charge is 0.481 e. The summed E-state index contributed by atoms with van der Waals surface area (Å²) in [5, 5.41) is 8.85. The quantitative estimate of drug-likeness (QED) is 0.517. The highest BCUT2D eigenvalue weighted by Crippen LogP contribution is 2.24. The third kappa shape index (κ3) is 3.44. The van der Waals surface area contributed by atoms with Crippen LogP contribution in [-0.2, 0) is 11.2 Å². The molecule has 0 aliphatic heterocycles. The number of nitrogens with two attached hydrogens (primary N) is 1. The summed E-state index contributed by atoms with van der Waals surface area (Å²) in [6, 6.07) is 9.83. The van der Waals surface area contributed by atoms with Gasteiger partial charge in [0, 0.05) is 11.3 Å². The molecule has 21 heavy (non-hydrogen) atoms. The molecule has 0 saturated carbocycles. The predicted octanol–water partition coefficient (Wildman–Crippen LogP) is 3.11. The summed E-state index contributed by atoms with van der Waals surface area (Å²) in [4.78, 5) is 11.2. The average Bonchev–Trinajstić information content (AvgIpc) is 2.42. The summed E-state index contributed by atoms with van der Waals surface area (Å²) in [5.74, 6) is -1.62. The lowest BCUT2D eigenvalue weighted by Crippen LogP contribution is -2.10. The molecule has 0 spiro atoms. The lowest BCUT2D eigenvalue weighted by Gasteiger charge is -2.12. The van der Waals surface area contributed by atoms with Crippen LogP contribution in [0.2, 0.25) is 0 Å². The fraction of sp³-hybridized carbons (Fsp3) is 0.125. The molecule has 0 heterocycles. The number of carboxylic acid groups (broad SMARTS) is 1. The van der Waals surface area contributed by atoms with Gasteiger partial charge in [0.2, 0.25) is 0 Å². The summed E-state index contributed by atoms with van der Waals surface area (Å²) >= 11 is 5.36.